The van der Waals surface area contributed by atoms with Crippen molar-refractivity contribution in [1.82, 2.24) is 9.13 Å². The molecule has 0 bridgehead atoms. The lowest BCUT2D eigenvalue weighted by atomic mass is 9.91. The van der Waals surface area contributed by atoms with Crippen LogP contribution in [0.15, 0.2) is 158 Å². The van der Waals surface area contributed by atoms with Gasteiger partial charge in [0.25, 0.3) is 0 Å². The molecule has 2 nitrogen and oxygen atoms in total. The van der Waals surface area contributed by atoms with Gasteiger partial charge in [0.05, 0.1) is 22.1 Å². The van der Waals surface area contributed by atoms with Gasteiger partial charge in [0, 0.05) is 32.9 Å². The van der Waals surface area contributed by atoms with E-state index in [9.17, 15) is 0 Å². The van der Waals surface area contributed by atoms with Crippen LogP contribution in [0.25, 0.3) is 79.3 Å². The first-order valence-corrected chi connectivity index (χ1v) is 22.4. The maximum atomic E-state index is 2.51. The average molecular weight is 781 g/mol. The van der Waals surface area contributed by atoms with Crippen LogP contribution in [0.5, 0.6) is 0 Å². The van der Waals surface area contributed by atoms with Crippen molar-refractivity contribution in [3.8, 4) is 11.4 Å². The molecule has 0 aliphatic heterocycles. The van der Waals surface area contributed by atoms with E-state index >= 15 is 0 Å². The summed E-state index contributed by atoms with van der Waals surface area (Å²) in [5.41, 5.74) is 15.4. The van der Waals surface area contributed by atoms with Gasteiger partial charge in [0.1, 0.15) is 0 Å². The lowest BCUT2D eigenvalue weighted by molar-refractivity contribution is 0.663. The third kappa shape index (κ3) is 8.12. The maximum absolute atomic E-state index is 2.51. The van der Waals surface area contributed by atoms with Crippen molar-refractivity contribution in [2.24, 2.45) is 0 Å². The highest BCUT2D eigenvalue weighted by atomic mass is 15.0. The van der Waals surface area contributed by atoms with Crippen molar-refractivity contribution in [2.75, 3.05) is 0 Å². The zero-order chi connectivity index (χ0) is 40.7. The van der Waals surface area contributed by atoms with Gasteiger partial charge in [-0.25, -0.2) is 0 Å². The molecule has 0 amide bonds. The van der Waals surface area contributed by atoms with E-state index < -0.39 is 0 Å². The second-order valence-electron chi connectivity index (χ2n) is 16.5. The fourth-order valence-corrected chi connectivity index (χ4v) is 9.20. The Hall–Kier alpha value is -6.38. The minimum atomic E-state index is 1.09. The Kier molecular flexibility index (Phi) is 11.9. The van der Waals surface area contributed by atoms with Gasteiger partial charge >= 0.3 is 0 Å². The van der Waals surface area contributed by atoms with Crippen molar-refractivity contribution in [2.45, 2.75) is 78.1 Å². The molecule has 0 radical (unpaired) electrons. The topological polar surface area (TPSA) is 9.86 Å². The molecule has 60 heavy (non-hydrogen) atoms. The van der Waals surface area contributed by atoms with E-state index in [-0.39, 0.29) is 0 Å². The average Bonchev–Trinajstić information content (AvgIpc) is 3.82. The second kappa shape index (κ2) is 18.3. The molecule has 2 heterocycles. The first kappa shape index (κ1) is 39.1. The highest BCUT2D eigenvalue weighted by molar-refractivity contribution is 6.10. The molecular formula is C58H56N2. The summed E-state index contributed by atoms with van der Waals surface area (Å²) in [5, 5.41) is 5.17. The van der Waals surface area contributed by atoms with Gasteiger partial charge in [-0.1, -0.05) is 186 Å². The van der Waals surface area contributed by atoms with Gasteiger partial charge in [-0.2, -0.15) is 0 Å². The number of fused-ring (bicyclic) bond motifs is 6. The molecule has 0 atom stereocenters. The minimum absolute atomic E-state index is 1.09. The fraction of sp³-hybridized carbons (Fsp3) is 0.207. The third-order valence-electron chi connectivity index (χ3n) is 12.4. The molecular weight excluding hydrogens is 725 g/mol. The summed E-state index contributed by atoms with van der Waals surface area (Å²) >= 11 is 0. The van der Waals surface area contributed by atoms with Gasteiger partial charge in [-0.15, -0.1) is 0 Å². The molecule has 0 aliphatic carbocycles. The van der Waals surface area contributed by atoms with Gasteiger partial charge in [0.15, 0.2) is 0 Å². The Balaban J connectivity index is 1.02. The van der Waals surface area contributed by atoms with E-state index in [0.717, 1.165) is 12.8 Å². The summed E-state index contributed by atoms with van der Waals surface area (Å²) in [6, 6.07) is 58.1. The standard InChI is InChI=1S/C58H56N2/c1-3-5-7-9-19-45-41-48(36-30-44-33-39-50(40-34-44)60-57-27-17-13-23-53(57)54-24-14-18-28-58(54)60)46(20-10-8-6-4-2)42-47(45)35-29-43-31-37-49(38-32-43)59-55-25-15-11-21-51(55)52-22-12-16-26-56(52)59/h11-18,21-42H,3-10,19-20H2,1-2H3/b35-29+,36-30+. The quantitative estimate of drug-likeness (QED) is 0.0683. The zero-order valence-electron chi connectivity index (χ0n) is 35.3. The number of aryl methyl sites for hydroxylation is 2. The van der Waals surface area contributed by atoms with Crippen molar-refractivity contribution >= 4 is 67.9 Å². The molecule has 9 aromatic rings. The monoisotopic (exact) mass is 780 g/mol. The highest BCUT2D eigenvalue weighted by Crippen LogP contribution is 2.34. The molecule has 2 heteroatoms. The zero-order valence-corrected chi connectivity index (χ0v) is 35.3. The molecule has 0 aliphatic rings. The molecule has 0 saturated carbocycles. The lowest BCUT2D eigenvalue weighted by Crippen LogP contribution is -1.98. The summed E-state index contributed by atoms with van der Waals surface area (Å²) in [4.78, 5) is 0. The Morgan fingerprint density at radius 3 is 1.02 bits per heavy atom. The summed E-state index contributed by atoms with van der Waals surface area (Å²) in [5.74, 6) is 0. The molecule has 0 spiro atoms. The number of unbranched alkanes of at least 4 members (excludes halogenated alkanes) is 6. The van der Waals surface area contributed by atoms with Gasteiger partial charge in [-0.3, -0.25) is 0 Å². The van der Waals surface area contributed by atoms with Crippen molar-refractivity contribution in [3.05, 3.63) is 191 Å². The number of nitrogens with zero attached hydrogens (tertiary/aromatic N) is 2. The normalized spacial score (nSPS) is 12.0. The fourth-order valence-electron chi connectivity index (χ4n) is 9.20. The first-order valence-electron chi connectivity index (χ1n) is 22.4. The summed E-state index contributed by atoms with van der Waals surface area (Å²) < 4.78 is 4.79. The Bertz CT molecular complexity index is 2620. The van der Waals surface area contributed by atoms with E-state index in [2.05, 4.69) is 205 Å². The van der Waals surface area contributed by atoms with E-state index in [1.165, 1.54) is 140 Å². The van der Waals surface area contributed by atoms with Crippen LogP contribution in [0.2, 0.25) is 0 Å². The molecule has 9 rings (SSSR count). The Labute approximate surface area is 356 Å². The molecule has 0 unspecified atom stereocenters. The highest BCUT2D eigenvalue weighted by Gasteiger charge is 2.13. The SMILES string of the molecule is CCCCCCc1cc(/C=C/c2ccc(-n3c4ccccc4c4ccccc43)cc2)c(CCCCCC)cc1/C=C/c1ccc(-n2c3ccccc3c3ccccc32)cc1. The van der Waals surface area contributed by atoms with E-state index in [0.29, 0.717) is 0 Å². The minimum Gasteiger partial charge on any atom is -0.309 e. The van der Waals surface area contributed by atoms with Crippen LogP contribution in [-0.2, 0) is 12.8 Å². The second-order valence-corrected chi connectivity index (χ2v) is 16.5. The molecule has 0 saturated heterocycles. The van der Waals surface area contributed by atoms with Crippen molar-refractivity contribution < 1.29 is 0 Å². The summed E-state index contributed by atoms with van der Waals surface area (Å²) in [6.45, 7) is 4.60. The van der Waals surface area contributed by atoms with Crippen LogP contribution < -0.4 is 0 Å². The van der Waals surface area contributed by atoms with Gasteiger partial charge in [0.2, 0.25) is 0 Å². The van der Waals surface area contributed by atoms with Crippen LogP contribution in [0.1, 0.15) is 98.6 Å². The third-order valence-corrected chi connectivity index (χ3v) is 12.4. The van der Waals surface area contributed by atoms with Crippen molar-refractivity contribution in [1.29, 1.82) is 0 Å². The van der Waals surface area contributed by atoms with Crippen LogP contribution in [-0.4, -0.2) is 9.13 Å². The Morgan fingerprint density at radius 1 is 0.350 bits per heavy atom. The summed E-state index contributed by atoms with van der Waals surface area (Å²) in [6.07, 6.45) is 21.6. The van der Waals surface area contributed by atoms with Crippen molar-refractivity contribution in [3.63, 3.8) is 0 Å². The number of rotatable bonds is 16. The molecule has 2 aromatic heterocycles. The van der Waals surface area contributed by atoms with Crippen LogP contribution in [0.3, 0.4) is 0 Å². The molecule has 0 N–H and O–H groups in total. The molecule has 0 fully saturated rings. The first-order chi connectivity index (χ1) is 29.7. The number of para-hydroxylation sites is 4. The maximum Gasteiger partial charge on any atom is 0.0541 e. The predicted octanol–water partition coefficient (Wildman–Crippen LogP) is 16.5. The van der Waals surface area contributed by atoms with E-state index in [1.54, 1.807) is 0 Å². The smallest absolute Gasteiger partial charge is 0.0541 e. The Morgan fingerprint density at radius 2 is 0.683 bits per heavy atom. The largest absolute Gasteiger partial charge is 0.309 e. The van der Waals surface area contributed by atoms with Crippen LogP contribution in [0.4, 0.5) is 0 Å². The molecule has 298 valence electrons. The predicted molar refractivity (Wildman–Crippen MR) is 262 cm³/mol. The van der Waals surface area contributed by atoms with Gasteiger partial charge in [-0.05, 0) is 108 Å². The summed E-state index contributed by atoms with van der Waals surface area (Å²) in [7, 11) is 0. The number of aromatic nitrogens is 2. The van der Waals surface area contributed by atoms with Gasteiger partial charge < -0.3 is 9.13 Å². The van der Waals surface area contributed by atoms with Crippen LogP contribution >= 0.6 is 0 Å². The lowest BCUT2D eigenvalue weighted by Gasteiger charge is -2.14. The van der Waals surface area contributed by atoms with Crippen LogP contribution in [0, 0.1) is 0 Å². The van der Waals surface area contributed by atoms with E-state index in [1.807, 2.05) is 0 Å². The number of benzene rings is 7. The van der Waals surface area contributed by atoms with E-state index in [4.69, 9.17) is 0 Å². The molecule has 7 aromatic carbocycles. The number of hydrogen-bond acceptors (Lipinski definition) is 0. The number of hydrogen-bond donors (Lipinski definition) is 0.